The number of aliphatic hydroxyl groups excluding tert-OH is 1. The van der Waals surface area contributed by atoms with E-state index in [1.165, 1.54) is 18.2 Å². The van der Waals surface area contributed by atoms with E-state index >= 15 is 0 Å². The summed E-state index contributed by atoms with van der Waals surface area (Å²) in [4.78, 5) is 12.0. The number of benzene rings is 1. The zero-order chi connectivity index (χ0) is 13.1. The first-order valence-corrected chi connectivity index (χ1v) is 5.55. The fraction of sp³-hybridized carbons (Fsp3) is 0.462. The highest BCUT2D eigenvalue weighted by molar-refractivity contribution is 5.96. The van der Waals surface area contributed by atoms with E-state index in [9.17, 15) is 9.18 Å². The molecule has 0 unspecified atom stereocenters. The van der Waals surface area contributed by atoms with E-state index in [4.69, 9.17) is 5.11 Å². The minimum atomic E-state index is -0.480. The molecule has 0 aliphatic rings. The summed E-state index contributed by atoms with van der Waals surface area (Å²) in [6.07, 6.45) is 0.471. The molecule has 0 heterocycles. The normalized spacial score (nSPS) is 11.4. The van der Waals surface area contributed by atoms with E-state index in [-0.39, 0.29) is 18.3 Å². The van der Waals surface area contributed by atoms with E-state index in [0.29, 0.717) is 17.5 Å². The maximum absolute atomic E-state index is 12.9. The third-order valence-corrected chi connectivity index (χ3v) is 2.62. The van der Waals surface area contributed by atoms with Crippen LogP contribution in [0.1, 0.15) is 36.2 Å². The molecule has 0 radical (unpaired) electrons. The molecule has 0 fully saturated rings. The van der Waals surface area contributed by atoms with Crippen molar-refractivity contribution in [2.75, 3.05) is 6.61 Å². The van der Waals surface area contributed by atoms with Crippen molar-refractivity contribution in [1.82, 2.24) is 5.32 Å². The van der Waals surface area contributed by atoms with Gasteiger partial charge in [-0.2, -0.15) is 0 Å². The number of hydrogen-bond donors (Lipinski definition) is 2. The van der Waals surface area contributed by atoms with Crippen LogP contribution in [0.3, 0.4) is 0 Å². The van der Waals surface area contributed by atoms with Gasteiger partial charge in [-0.15, -0.1) is 0 Å². The lowest BCUT2D eigenvalue weighted by Crippen LogP contribution is -2.44. The number of halogens is 1. The second-order valence-corrected chi connectivity index (χ2v) is 4.77. The summed E-state index contributed by atoms with van der Waals surface area (Å²) in [5.74, 6) is -0.602. The van der Waals surface area contributed by atoms with Crippen LogP contribution >= 0.6 is 0 Å². The number of hydrogen-bond acceptors (Lipinski definition) is 2. The monoisotopic (exact) mass is 239 g/mol. The molecule has 3 nitrogen and oxygen atoms in total. The van der Waals surface area contributed by atoms with Crippen molar-refractivity contribution in [1.29, 1.82) is 0 Å². The number of aryl methyl sites for hydroxylation is 1. The number of aliphatic hydroxyl groups is 1. The van der Waals surface area contributed by atoms with Gasteiger partial charge in [0.15, 0.2) is 0 Å². The Morgan fingerprint density at radius 3 is 2.65 bits per heavy atom. The summed E-state index contributed by atoms with van der Waals surface area (Å²) >= 11 is 0. The van der Waals surface area contributed by atoms with Crippen LogP contribution in [0.2, 0.25) is 0 Å². The smallest absolute Gasteiger partial charge is 0.251 e. The Kier molecular flexibility index (Phi) is 4.23. The van der Waals surface area contributed by atoms with Crippen molar-refractivity contribution in [3.05, 3.63) is 35.1 Å². The molecule has 0 atom stereocenters. The van der Waals surface area contributed by atoms with Crippen LogP contribution in [0, 0.1) is 12.7 Å². The average Bonchev–Trinajstić information content (AvgIpc) is 2.15. The second kappa shape index (κ2) is 5.27. The second-order valence-electron chi connectivity index (χ2n) is 4.77. The summed E-state index contributed by atoms with van der Waals surface area (Å²) in [6, 6.07) is 4.06. The average molecular weight is 239 g/mol. The van der Waals surface area contributed by atoms with Gasteiger partial charge in [0.05, 0.1) is 0 Å². The summed E-state index contributed by atoms with van der Waals surface area (Å²) in [5.41, 5.74) is 0.576. The van der Waals surface area contributed by atoms with E-state index in [1.54, 1.807) is 6.92 Å². The lowest BCUT2D eigenvalue weighted by molar-refractivity contribution is 0.0899. The maximum atomic E-state index is 12.9. The largest absolute Gasteiger partial charge is 0.396 e. The SMILES string of the molecule is Cc1cc(F)ccc1C(=O)NC(C)(C)CCO. The molecule has 0 bridgehead atoms. The Labute approximate surface area is 101 Å². The van der Waals surface area contributed by atoms with Crippen LogP contribution in [0.25, 0.3) is 0 Å². The Morgan fingerprint density at radius 1 is 1.47 bits per heavy atom. The molecule has 94 valence electrons. The molecule has 1 aromatic carbocycles. The van der Waals surface area contributed by atoms with Crippen molar-refractivity contribution in [3.63, 3.8) is 0 Å². The minimum absolute atomic E-state index is 0.00960. The van der Waals surface area contributed by atoms with Gasteiger partial charge in [0.1, 0.15) is 5.82 Å². The molecule has 1 rings (SSSR count). The number of carbonyl (C=O) groups excluding carboxylic acids is 1. The summed E-state index contributed by atoms with van der Waals surface area (Å²) in [5, 5.41) is 11.7. The van der Waals surface area contributed by atoms with Gasteiger partial charge in [-0.3, -0.25) is 4.79 Å². The van der Waals surface area contributed by atoms with Gasteiger partial charge in [-0.05, 0) is 51.0 Å². The zero-order valence-electron chi connectivity index (χ0n) is 10.4. The van der Waals surface area contributed by atoms with Crippen LogP contribution in [0.15, 0.2) is 18.2 Å². The Hall–Kier alpha value is -1.42. The number of nitrogens with one attached hydrogen (secondary N) is 1. The molecule has 0 spiro atoms. The third kappa shape index (κ3) is 3.82. The lowest BCUT2D eigenvalue weighted by Gasteiger charge is -2.25. The van der Waals surface area contributed by atoms with Crippen molar-refractivity contribution < 1.29 is 14.3 Å². The molecule has 0 aromatic heterocycles. The van der Waals surface area contributed by atoms with Crippen LogP contribution < -0.4 is 5.32 Å². The van der Waals surface area contributed by atoms with Gasteiger partial charge >= 0.3 is 0 Å². The number of carbonyl (C=O) groups is 1. The van der Waals surface area contributed by atoms with Crippen LogP contribution in [-0.2, 0) is 0 Å². The van der Waals surface area contributed by atoms with E-state index in [2.05, 4.69) is 5.32 Å². The van der Waals surface area contributed by atoms with Crippen molar-refractivity contribution in [2.45, 2.75) is 32.7 Å². The molecule has 0 aliphatic carbocycles. The van der Waals surface area contributed by atoms with Gasteiger partial charge < -0.3 is 10.4 Å². The highest BCUT2D eigenvalue weighted by Gasteiger charge is 2.21. The Bertz CT molecular complexity index is 416. The van der Waals surface area contributed by atoms with Crippen LogP contribution in [-0.4, -0.2) is 23.2 Å². The highest BCUT2D eigenvalue weighted by Crippen LogP contribution is 2.13. The summed E-state index contributed by atoms with van der Waals surface area (Å²) in [7, 11) is 0. The number of rotatable bonds is 4. The molecule has 17 heavy (non-hydrogen) atoms. The van der Waals surface area contributed by atoms with Crippen molar-refractivity contribution in [3.8, 4) is 0 Å². The number of amides is 1. The van der Waals surface area contributed by atoms with Gasteiger partial charge in [0.2, 0.25) is 0 Å². The maximum Gasteiger partial charge on any atom is 0.251 e. The van der Waals surface area contributed by atoms with Crippen LogP contribution in [0.5, 0.6) is 0 Å². The first-order valence-electron chi connectivity index (χ1n) is 5.55. The summed E-state index contributed by atoms with van der Waals surface area (Å²) in [6.45, 7) is 5.37. The molecule has 1 amide bonds. The first kappa shape index (κ1) is 13.6. The third-order valence-electron chi connectivity index (χ3n) is 2.62. The van der Waals surface area contributed by atoms with Crippen molar-refractivity contribution >= 4 is 5.91 Å². The minimum Gasteiger partial charge on any atom is -0.396 e. The molecular weight excluding hydrogens is 221 g/mol. The fourth-order valence-electron chi connectivity index (χ4n) is 1.60. The van der Waals surface area contributed by atoms with Crippen molar-refractivity contribution in [2.24, 2.45) is 0 Å². The van der Waals surface area contributed by atoms with Gasteiger partial charge in [-0.25, -0.2) is 4.39 Å². The molecule has 1 aromatic rings. The first-order chi connectivity index (χ1) is 7.85. The molecule has 0 saturated heterocycles. The molecule has 0 aliphatic heterocycles. The molecule has 0 saturated carbocycles. The predicted octanol–water partition coefficient (Wildman–Crippen LogP) is 2.02. The standard InChI is InChI=1S/C13H18FNO2/c1-9-8-10(14)4-5-11(9)12(17)15-13(2,3)6-7-16/h4-5,8,16H,6-7H2,1-3H3,(H,15,17). The lowest BCUT2D eigenvalue weighted by atomic mass is 9.99. The Balaban J connectivity index is 2.83. The molecular formula is C13H18FNO2. The molecule has 2 N–H and O–H groups in total. The van der Waals surface area contributed by atoms with Gasteiger partial charge in [0, 0.05) is 17.7 Å². The quantitative estimate of drug-likeness (QED) is 0.844. The zero-order valence-corrected chi connectivity index (χ0v) is 10.4. The van der Waals surface area contributed by atoms with E-state index < -0.39 is 5.54 Å². The van der Waals surface area contributed by atoms with Gasteiger partial charge in [0.25, 0.3) is 5.91 Å². The topological polar surface area (TPSA) is 49.3 Å². The fourth-order valence-corrected chi connectivity index (χ4v) is 1.60. The van der Waals surface area contributed by atoms with E-state index in [1.807, 2.05) is 13.8 Å². The Morgan fingerprint density at radius 2 is 2.12 bits per heavy atom. The highest BCUT2D eigenvalue weighted by atomic mass is 19.1. The van der Waals surface area contributed by atoms with Gasteiger partial charge in [-0.1, -0.05) is 0 Å². The predicted molar refractivity (Wildman–Crippen MR) is 64.4 cm³/mol. The molecule has 4 heteroatoms. The summed E-state index contributed by atoms with van der Waals surface area (Å²) < 4.78 is 12.9. The van der Waals surface area contributed by atoms with Crippen LogP contribution in [0.4, 0.5) is 4.39 Å². The van der Waals surface area contributed by atoms with E-state index in [0.717, 1.165) is 0 Å².